The zero-order valence-electron chi connectivity index (χ0n) is 13.5. The summed E-state index contributed by atoms with van der Waals surface area (Å²) in [6.07, 6.45) is -4.47. The van der Waals surface area contributed by atoms with Crippen molar-refractivity contribution >= 4 is 33.7 Å². The van der Waals surface area contributed by atoms with Gasteiger partial charge in [-0.3, -0.25) is 4.79 Å². The largest absolute Gasteiger partial charge is 0.416 e. The van der Waals surface area contributed by atoms with E-state index in [0.29, 0.717) is 26.6 Å². The van der Waals surface area contributed by atoms with Gasteiger partial charge in [0.25, 0.3) is 0 Å². The van der Waals surface area contributed by atoms with Crippen LogP contribution in [0.25, 0.3) is 11.1 Å². The topological polar surface area (TPSA) is 43.1 Å². The number of carbonyl (C=O) groups excluding carboxylic acids is 1. The predicted molar refractivity (Wildman–Crippen MR) is 98.8 cm³/mol. The van der Waals surface area contributed by atoms with Gasteiger partial charge in [-0.15, -0.1) is 11.3 Å². The Morgan fingerprint density at radius 2 is 1.77 bits per heavy atom. The lowest BCUT2D eigenvalue weighted by molar-refractivity contribution is -0.137. The average Bonchev–Trinajstić information content (AvgIpc) is 2.88. The van der Waals surface area contributed by atoms with E-state index in [0.717, 1.165) is 12.1 Å². The predicted octanol–water partition coefficient (Wildman–Crippen LogP) is 6.21. The maximum absolute atomic E-state index is 13.0. The quantitative estimate of drug-likeness (QED) is 0.536. The molecule has 26 heavy (non-hydrogen) atoms. The van der Waals surface area contributed by atoms with Crippen molar-refractivity contribution in [3.05, 3.63) is 75.1 Å². The number of alkyl halides is 3. The smallest absolute Gasteiger partial charge is 0.390 e. The number of carbonyl (C=O) groups is 1. The Hall–Kier alpha value is -2.31. The Labute approximate surface area is 157 Å². The summed E-state index contributed by atoms with van der Waals surface area (Å²) in [7, 11) is 0. The van der Waals surface area contributed by atoms with E-state index < -0.39 is 11.7 Å². The molecule has 0 fully saturated rings. The summed E-state index contributed by atoms with van der Waals surface area (Å²) in [5, 5.41) is 0.754. The number of nitrogens with two attached hydrogens (primary N) is 1. The van der Waals surface area contributed by atoms with E-state index >= 15 is 0 Å². The molecule has 1 aromatic heterocycles. The molecule has 2 N–H and O–H groups in total. The monoisotopic (exact) mass is 395 g/mol. The summed E-state index contributed by atoms with van der Waals surface area (Å²) in [5.41, 5.74) is 6.57. The number of anilines is 1. The van der Waals surface area contributed by atoms with Crippen molar-refractivity contribution in [1.29, 1.82) is 0 Å². The Balaban J connectivity index is 2.16. The third kappa shape index (κ3) is 3.48. The van der Waals surface area contributed by atoms with Crippen LogP contribution in [-0.4, -0.2) is 5.78 Å². The van der Waals surface area contributed by atoms with Gasteiger partial charge in [-0.25, -0.2) is 0 Å². The van der Waals surface area contributed by atoms with Crippen molar-refractivity contribution in [2.75, 3.05) is 5.73 Å². The van der Waals surface area contributed by atoms with Crippen LogP contribution in [0.1, 0.15) is 26.4 Å². The van der Waals surface area contributed by atoms with Crippen LogP contribution in [0.3, 0.4) is 0 Å². The Bertz CT molecular complexity index is 977. The zero-order valence-corrected chi connectivity index (χ0v) is 15.1. The van der Waals surface area contributed by atoms with E-state index in [-0.39, 0.29) is 16.3 Å². The van der Waals surface area contributed by atoms with Crippen LogP contribution in [0.2, 0.25) is 5.02 Å². The lowest BCUT2D eigenvalue weighted by atomic mass is 9.94. The van der Waals surface area contributed by atoms with Gasteiger partial charge in [0.2, 0.25) is 0 Å². The minimum atomic E-state index is -4.47. The Morgan fingerprint density at radius 1 is 1.12 bits per heavy atom. The van der Waals surface area contributed by atoms with E-state index in [1.54, 1.807) is 37.3 Å². The highest BCUT2D eigenvalue weighted by molar-refractivity contribution is 7.16. The van der Waals surface area contributed by atoms with Crippen molar-refractivity contribution in [3.63, 3.8) is 0 Å². The number of halogens is 4. The number of benzene rings is 2. The van der Waals surface area contributed by atoms with Gasteiger partial charge in [0.1, 0.15) is 0 Å². The minimum absolute atomic E-state index is 0.217. The van der Waals surface area contributed by atoms with Gasteiger partial charge in [0.15, 0.2) is 5.78 Å². The van der Waals surface area contributed by atoms with Crippen LogP contribution in [0.15, 0.2) is 48.5 Å². The van der Waals surface area contributed by atoms with Crippen molar-refractivity contribution in [2.45, 2.75) is 13.1 Å². The summed E-state index contributed by atoms with van der Waals surface area (Å²) in [6.45, 7) is 1.73. The molecule has 0 unspecified atom stereocenters. The third-order valence-corrected chi connectivity index (χ3v) is 5.11. The first-order valence-corrected chi connectivity index (χ1v) is 8.74. The Kier molecular flexibility index (Phi) is 4.82. The van der Waals surface area contributed by atoms with Crippen molar-refractivity contribution in [3.8, 4) is 11.1 Å². The van der Waals surface area contributed by atoms with E-state index in [1.165, 1.54) is 17.4 Å². The molecule has 0 radical (unpaired) electrons. The number of nitrogen functional groups attached to an aromatic ring is 1. The molecule has 0 aliphatic carbocycles. The SMILES string of the molecule is Cc1sc(N)c(C(=O)c2ccc(Cl)cc2)c1-c1cccc(C(F)(F)F)c1. The molecular weight excluding hydrogens is 383 g/mol. The van der Waals surface area contributed by atoms with Crippen LogP contribution < -0.4 is 5.73 Å². The molecule has 0 aliphatic heterocycles. The van der Waals surface area contributed by atoms with Gasteiger partial charge in [-0.1, -0.05) is 23.7 Å². The highest BCUT2D eigenvalue weighted by atomic mass is 35.5. The van der Waals surface area contributed by atoms with Crippen LogP contribution in [0.4, 0.5) is 18.2 Å². The average molecular weight is 396 g/mol. The van der Waals surface area contributed by atoms with Crippen LogP contribution in [-0.2, 0) is 6.18 Å². The fourth-order valence-electron chi connectivity index (χ4n) is 2.74. The molecule has 3 aromatic rings. The van der Waals surface area contributed by atoms with Gasteiger partial charge in [0, 0.05) is 21.0 Å². The number of thiophene rings is 1. The molecule has 134 valence electrons. The molecule has 1 heterocycles. The van der Waals surface area contributed by atoms with E-state index in [9.17, 15) is 18.0 Å². The summed E-state index contributed by atoms with van der Waals surface area (Å²) in [4.78, 5) is 13.6. The van der Waals surface area contributed by atoms with E-state index in [1.807, 2.05) is 0 Å². The van der Waals surface area contributed by atoms with Gasteiger partial charge in [-0.2, -0.15) is 13.2 Å². The van der Waals surface area contributed by atoms with E-state index in [2.05, 4.69) is 0 Å². The second-order valence-corrected chi connectivity index (χ2v) is 7.38. The van der Waals surface area contributed by atoms with Crippen LogP contribution in [0, 0.1) is 6.92 Å². The molecule has 7 heteroatoms. The molecule has 0 saturated carbocycles. The Morgan fingerprint density at radius 3 is 2.38 bits per heavy atom. The highest BCUT2D eigenvalue weighted by Gasteiger charge is 2.31. The molecular formula is C19H13ClF3NOS. The molecule has 0 atom stereocenters. The first kappa shape index (κ1) is 18.5. The van der Waals surface area contributed by atoms with Crippen molar-refractivity contribution in [2.24, 2.45) is 0 Å². The summed E-state index contributed by atoms with van der Waals surface area (Å²) < 4.78 is 39.1. The van der Waals surface area contributed by atoms with Gasteiger partial charge >= 0.3 is 6.18 Å². The highest BCUT2D eigenvalue weighted by Crippen LogP contribution is 2.41. The summed E-state index contributed by atoms with van der Waals surface area (Å²) in [6, 6.07) is 11.2. The number of aryl methyl sites for hydroxylation is 1. The molecule has 0 aliphatic rings. The molecule has 2 aromatic carbocycles. The van der Waals surface area contributed by atoms with E-state index in [4.69, 9.17) is 17.3 Å². The molecule has 0 amide bonds. The van der Waals surface area contributed by atoms with Gasteiger partial charge in [0.05, 0.1) is 16.1 Å². The van der Waals surface area contributed by atoms with Gasteiger partial charge < -0.3 is 5.73 Å². The zero-order chi connectivity index (χ0) is 19.1. The molecule has 0 saturated heterocycles. The molecule has 0 spiro atoms. The minimum Gasteiger partial charge on any atom is -0.390 e. The second-order valence-electron chi connectivity index (χ2n) is 5.69. The van der Waals surface area contributed by atoms with Crippen molar-refractivity contribution in [1.82, 2.24) is 0 Å². The lowest BCUT2D eigenvalue weighted by Crippen LogP contribution is -2.06. The fraction of sp³-hybridized carbons (Fsp3) is 0.105. The van der Waals surface area contributed by atoms with Crippen LogP contribution in [0.5, 0.6) is 0 Å². The maximum atomic E-state index is 13.0. The first-order chi connectivity index (χ1) is 12.2. The number of ketones is 1. The third-order valence-electron chi connectivity index (χ3n) is 3.92. The number of hydrogen-bond acceptors (Lipinski definition) is 3. The molecule has 3 rings (SSSR count). The number of rotatable bonds is 3. The van der Waals surface area contributed by atoms with Gasteiger partial charge in [-0.05, 0) is 48.9 Å². The first-order valence-electron chi connectivity index (χ1n) is 7.55. The standard InChI is InChI=1S/C19H13ClF3NOS/c1-10-15(12-3-2-4-13(9-12)19(21,22)23)16(18(24)26-10)17(25)11-5-7-14(20)8-6-11/h2-9H,24H2,1H3. The normalized spacial score (nSPS) is 11.6. The molecule has 2 nitrogen and oxygen atoms in total. The van der Waals surface area contributed by atoms with Crippen LogP contribution >= 0.6 is 22.9 Å². The fourth-order valence-corrected chi connectivity index (χ4v) is 3.81. The summed E-state index contributed by atoms with van der Waals surface area (Å²) >= 11 is 7.02. The molecule has 0 bridgehead atoms. The van der Waals surface area contributed by atoms with Crippen molar-refractivity contribution < 1.29 is 18.0 Å². The number of hydrogen-bond donors (Lipinski definition) is 1. The summed E-state index contributed by atoms with van der Waals surface area (Å²) in [5.74, 6) is -0.351. The lowest BCUT2D eigenvalue weighted by Gasteiger charge is -2.11. The second kappa shape index (κ2) is 6.78. The maximum Gasteiger partial charge on any atom is 0.416 e.